The zero-order chi connectivity index (χ0) is 14.7. The predicted molar refractivity (Wildman–Crippen MR) is 77.1 cm³/mol. The van der Waals surface area contributed by atoms with E-state index in [1.54, 1.807) is 6.92 Å². The number of aromatic nitrogens is 1. The third kappa shape index (κ3) is 3.36. The van der Waals surface area contributed by atoms with Gasteiger partial charge in [-0.2, -0.15) is 0 Å². The van der Waals surface area contributed by atoms with Crippen LogP contribution in [-0.4, -0.2) is 28.0 Å². The number of carbonyl (C=O) groups excluding carboxylic acids is 1. The molecule has 0 radical (unpaired) electrons. The van der Waals surface area contributed by atoms with Gasteiger partial charge >= 0.3 is 5.97 Å². The average molecular weight is 296 g/mol. The van der Waals surface area contributed by atoms with Crippen molar-refractivity contribution >= 4 is 23.2 Å². The summed E-state index contributed by atoms with van der Waals surface area (Å²) in [7, 11) is 0. The number of carboxylic acid groups (broad SMARTS) is 1. The maximum atomic E-state index is 12.3. The van der Waals surface area contributed by atoms with Crippen LogP contribution in [0.2, 0.25) is 0 Å². The van der Waals surface area contributed by atoms with Gasteiger partial charge in [-0.25, -0.2) is 4.98 Å². The highest BCUT2D eigenvalue weighted by molar-refractivity contribution is 7.13. The number of aryl methyl sites for hydroxylation is 2. The predicted octanol–water partition coefficient (Wildman–Crippen LogP) is 2.52. The molecule has 2 rings (SSSR count). The molecule has 5 nitrogen and oxygen atoms in total. The van der Waals surface area contributed by atoms with Gasteiger partial charge in [0, 0.05) is 6.04 Å². The molecule has 0 unspecified atom stereocenters. The molecule has 110 valence electrons. The molecule has 20 heavy (non-hydrogen) atoms. The van der Waals surface area contributed by atoms with Crippen molar-refractivity contribution < 1.29 is 14.7 Å². The Morgan fingerprint density at radius 1 is 1.25 bits per heavy atom. The smallest absolute Gasteiger partial charge is 0.308 e. The number of nitrogens with zero attached hydrogens (tertiary/aromatic N) is 1. The normalized spacial score (nSPS) is 23.1. The molecule has 6 heteroatoms. The Hall–Kier alpha value is -1.43. The van der Waals surface area contributed by atoms with Crippen LogP contribution in [0.25, 0.3) is 0 Å². The first-order chi connectivity index (χ1) is 9.49. The molecule has 1 saturated carbocycles. The third-order valence-electron chi connectivity index (χ3n) is 3.76. The highest BCUT2D eigenvalue weighted by atomic mass is 32.1. The minimum atomic E-state index is -0.811. The zero-order valence-corrected chi connectivity index (χ0v) is 12.6. The molecule has 1 fully saturated rings. The first-order valence-electron chi connectivity index (χ1n) is 6.96. The second kappa shape index (κ2) is 6.35. The van der Waals surface area contributed by atoms with Crippen molar-refractivity contribution in [1.29, 1.82) is 0 Å². The Balaban J connectivity index is 2.11. The third-order valence-corrected chi connectivity index (χ3v) is 4.83. The van der Waals surface area contributed by atoms with Crippen LogP contribution >= 0.6 is 11.3 Å². The van der Waals surface area contributed by atoms with Crippen LogP contribution < -0.4 is 5.32 Å². The summed E-state index contributed by atoms with van der Waals surface area (Å²) < 4.78 is 0. The van der Waals surface area contributed by atoms with Crippen molar-refractivity contribution in [1.82, 2.24) is 10.3 Å². The summed E-state index contributed by atoms with van der Waals surface area (Å²) in [6.07, 6.45) is 4.30. The van der Waals surface area contributed by atoms with Crippen LogP contribution in [0.4, 0.5) is 0 Å². The second-order valence-electron chi connectivity index (χ2n) is 5.31. The number of carboxylic acids is 1. The molecule has 0 spiro atoms. The van der Waals surface area contributed by atoms with E-state index < -0.39 is 11.9 Å². The van der Waals surface area contributed by atoms with Crippen molar-refractivity contribution in [3.05, 3.63) is 15.6 Å². The fraction of sp³-hybridized carbons (Fsp3) is 0.643. The van der Waals surface area contributed by atoms with Crippen LogP contribution in [0, 0.1) is 19.8 Å². The summed E-state index contributed by atoms with van der Waals surface area (Å²) in [6.45, 7) is 3.67. The lowest BCUT2D eigenvalue weighted by Crippen LogP contribution is -2.42. The van der Waals surface area contributed by atoms with E-state index in [-0.39, 0.29) is 11.9 Å². The molecule has 1 aromatic heterocycles. The molecule has 2 N–H and O–H groups in total. The van der Waals surface area contributed by atoms with Gasteiger partial charge in [0.25, 0.3) is 5.91 Å². The number of hydrogen-bond acceptors (Lipinski definition) is 4. The van der Waals surface area contributed by atoms with Gasteiger partial charge in [0.2, 0.25) is 0 Å². The molecule has 1 amide bonds. The lowest BCUT2D eigenvalue weighted by atomic mass is 9.95. The average Bonchev–Trinajstić information content (AvgIpc) is 2.60. The molecule has 0 bridgehead atoms. The number of rotatable bonds is 3. The fourth-order valence-electron chi connectivity index (χ4n) is 2.75. The SMILES string of the molecule is Cc1nc(C)c(C(=O)N[C@H]2CCCCC[C@@H]2C(=O)O)s1. The standard InChI is InChI=1S/C14H20N2O3S/c1-8-12(20-9(2)15-8)13(17)16-11-7-5-3-4-6-10(11)14(18)19/h10-11H,3-7H2,1-2H3,(H,16,17)(H,18,19)/t10-,11-/m0/s1. The van der Waals surface area contributed by atoms with Gasteiger partial charge in [-0.05, 0) is 26.7 Å². The van der Waals surface area contributed by atoms with E-state index in [4.69, 9.17) is 0 Å². The number of nitrogens with one attached hydrogen (secondary N) is 1. The Morgan fingerprint density at radius 3 is 2.55 bits per heavy atom. The van der Waals surface area contributed by atoms with Crippen LogP contribution in [0.5, 0.6) is 0 Å². The second-order valence-corrected chi connectivity index (χ2v) is 6.51. The Morgan fingerprint density at radius 2 is 1.95 bits per heavy atom. The molecular formula is C14H20N2O3S. The van der Waals surface area contributed by atoms with Crippen molar-refractivity contribution in [3.63, 3.8) is 0 Å². The van der Waals surface area contributed by atoms with Gasteiger partial charge < -0.3 is 10.4 Å². The number of amides is 1. The Bertz CT molecular complexity index is 513. The van der Waals surface area contributed by atoms with Crippen molar-refractivity contribution in [2.75, 3.05) is 0 Å². The van der Waals surface area contributed by atoms with Crippen molar-refractivity contribution in [3.8, 4) is 0 Å². The molecule has 1 aromatic rings. The first kappa shape index (κ1) is 15.0. The lowest BCUT2D eigenvalue weighted by molar-refractivity contribution is -0.142. The monoisotopic (exact) mass is 296 g/mol. The summed E-state index contributed by atoms with van der Waals surface area (Å²) in [5.41, 5.74) is 0.713. The van der Waals surface area contributed by atoms with Crippen LogP contribution in [-0.2, 0) is 4.79 Å². The summed E-state index contributed by atoms with van der Waals surface area (Å²) in [5.74, 6) is -1.48. The van der Waals surface area contributed by atoms with E-state index in [0.717, 1.165) is 30.7 Å². The van der Waals surface area contributed by atoms with E-state index in [1.807, 2.05) is 6.92 Å². The topological polar surface area (TPSA) is 79.3 Å². The minimum absolute atomic E-state index is 0.189. The number of hydrogen-bond donors (Lipinski definition) is 2. The maximum absolute atomic E-state index is 12.3. The molecule has 1 aliphatic rings. The number of thiazole rings is 1. The maximum Gasteiger partial charge on any atom is 0.308 e. The summed E-state index contributed by atoms with van der Waals surface area (Å²) >= 11 is 1.36. The van der Waals surface area contributed by atoms with E-state index in [9.17, 15) is 14.7 Å². The Kier molecular flexibility index (Phi) is 4.75. The van der Waals surface area contributed by atoms with Gasteiger partial charge in [-0.15, -0.1) is 11.3 Å². The molecule has 1 heterocycles. The Labute approximate surface area is 122 Å². The number of carbonyl (C=O) groups is 2. The summed E-state index contributed by atoms with van der Waals surface area (Å²) in [5, 5.41) is 13.1. The highest BCUT2D eigenvalue weighted by Crippen LogP contribution is 2.25. The molecule has 0 aliphatic heterocycles. The molecule has 0 saturated heterocycles. The summed E-state index contributed by atoms with van der Waals surface area (Å²) in [4.78, 5) is 28.5. The van der Waals surface area contributed by atoms with Gasteiger partial charge in [0.05, 0.1) is 16.6 Å². The van der Waals surface area contributed by atoms with E-state index in [1.165, 1.54) is 11.3 Å². The fourth-order valence-corrected chi connectivity index (χ4v) is 3.57. The first-order valence-corrected chi connectivity index (χ1v) is 7.78. The summed E-state index contributed by atoms with van der Waals surface area (Å²) in [6, 6.07) is -0.274. The van der Waals surface area contributed by atoms with Crippen LogP contribution in [0.3, 0.4) is 0 Å². The van der Waals surface area contributed by atoms with Crippen molar-refractivity contribution in [2.45, 2.75) is 52.0 Å². The van der Waals surface area contributed by atoms with Gasteiger partial charge in [-0.3, -0.25) is 9.59 Å². The molecular weight excluding hydrogens is 276 g/mol. The van der Waals surface area contributed by atoms with Gasteiger partial charge in [0.15, 0.2) is 0 Å². The molecule has 0 aromatic carbocycles. The molecule has 2 atom stereocenters. The van der Waals surface area contributed by atoms with Gasteiger partial charge in [0.1, 0.15) is 4.88 Å². The quantitative estimate of drug-likeness (QED) is 0.840. The zero-order valence-electron chi connectivity index (χ0n) is 11.8. The lowest BCUT2D eigenvalue weighted by Gasteiger charge is -2.22. The largest absolute Gasteiger partial charge is 0.481 e. The van der Waals surface area contributed by atoms with Crippen LogP contribution in [0.15, 0.2) is 0 Å². The van der Waals surface area contributed by atoms with E-state index in [0.29, 0.717) is 17.0 Å². The highest BCUT2D eigenvalue weighted by Gasteiger charge is 2.31. The van der Waals surface area contributed by atoms with Crippen LogP contribution in [0.1, 0.15) is 52.5 Å². The number of aliphatic carboxylic acids is 1. The molecule has 1 aliphatic carbocycles. The van der Waals surface area contributed by atoms with E-state index in [2.05, 4.69) is 10.3 Å². The minimum Gasteiger partial charge on any atom is -0.481 e. The van der Waals surface area contributed by atoms with Gasteiger partial charge in [-0.1, -0.05) is 19.3 Å². The van der Waals surface area contributed by atoms with E-state index >= 15 is 0 Å². The van der Waals surface area contributed by atoms with Crippen molar-refractivity contribution in [2.24, 2.45) is 5.92 Å².